The Morgan fingerprint density at radius 2 is 1.80 bits per heavy atom. The minimum Gasteiger partial charge on any atom is -0.444 e. The summed E-state index contributed by atoms with van der Waals surface area (Å²) in [6, 6.07) is 7.73. The van der Waals surface area contributed by atoms with Crippen LogP contribution in [-0.4, -0.2) is 49.7 Å². The summed E-state index contributed by atoms with van der Waals surface area (Å²) in [6.45, 7) is 9.12. The molecule has 0 atom stereocenters. The van der Waals surface area contributed by atoms with Crippen molar-refractivity contribution < 1.29 is 9.53 Å². The summed E-state index contributed by atoms with van der Waals surface area (Å²) in [6.07, 6.45) is 0.399. The van der Waals surface area contributed by atoms with Crippen LogP contribution in [0.5, 0.6) is 0 Å². The smallest absolute Gasteiger partial charge is 0.412 e. The van der Waals surface area contributed by atoms with Gasteiger partial charge < -0.3 is 15.0 Å². The van der Waals surface area contributed by atoms with Gasteiger partial charge in [-0.05, 0) is 51.8 Å². The van der Waals surface area contributed by atoms with Gasteiger partial charge in [0, 0.05) is 32.9 Å². The summed E-state index contributed by atoms with van der Waals surface area (Å²) in [5, 5.41) is 5.96. The highest BCUT2D eigenvalue weighted by Gasteiger charge is 2.15. The lowest BCUT2D eigenvalue weighted by Gasteiger charge is -2.19. The van der Waals surface area contributed by atoms with Crippen molar-refractivity contribution in [1.29, 1.82) is 0 Å². The average molecular weight is 462 g/mol. The van der Waals surface area contributed by atoms with E-state index in [0.717, 1.165) is 24.6 Å². The van der Waals surface area contributed by atoms with E-state index in [-0.39, 0.29) is 24.0 Å². The predicted octanol–water partition coefficient (Wildman–Crippen LogP) is 3.72. The van der Waals surface area contributed by atoms with Crippen molar-refractivity contribution in [2.75, 3.05) is 32.5 Å². The van der Waals surface area contributed by atoms with E-state index in [1.807, 2.05) is 64.0 Å². The molecule has 0 bridgehead atoms. The first-order valence-electron chi connectivity index (χ1n) is 8.26. The van der Waals surface area contributed by atoms with Crippen molar-refractivity contribution in [2.45, 2.75) is 39.7 Å². The number of rotatable bonds is 5. The molecule has 7 heteroatoms. The lowest BCUT2D eigenvalue weighted by atomic mass is 10.1. The highest BCUT2D eigenvalue weighted by Crippen LogP contribution is 2.13. The van der Waals surface area contributed by atoms with E-state index in [2.05, 4.69) is 22.5 Å². The summed E-state index contributed by atoms with van der Waals surface area (Å²) in [5.41, 5.74) is 1.39. The third kappa shape index (κ3) is 10.2. The molecule has 1 aromatic carbocycles. The van der Waals surface area contributed by atoms with Gasteiger partial charge in [0.2, 0.25) is 0 Å². The third-order valence-electron chi connectivity index (χ3n) is 3.02. The molecular formula is C18H31IN4O2. The molecule has 1 aromatic rings. The summed E-state index contributed by atoms with van der Waals surface area (Å²) < 4.78 is 5.23. The molecule has 1 amide bonds. The lowest BCUT2D eigenvalue weighted by molar-refractivity contribution is 0.0636. The molecule has 0 aliphatic carbocycles. The average Bonchev–Trinajstić information content (AvgIpc) is 2.46. The number of ether oxygens (including phenoxy) is 1. The van der Waals surface area contributed by atoms with Crippen LogP contribution in [0.2, 0.25) is 0 Å². The van der Waals surface area contributed by atoms with Gasteiger partial charge in [-0.2, -0.15) is 0 Å². The predicted molar refractivity (Wildman–Crippen MR) is 115 cm³/mol. The Labute approximate surface area is 168 Å². The molecule has 1 rings (SSSR count). The second-order valence-electron chi connectivity index (χ2n) is 6.70. The van der Waals surface area contributed by atoms with Crippen molar-refractivity contribution in [1.82, 2.24) is 10.2 Å². The number of amides is 1. The van der Waals surface area contributed by atoms with E-state index < -0.39 is 11.7 Å². The van der Waals surface area contributed by atoms with Crippen LogP contribution in [0.1, 0.15) is 33.3 Å². The molecule has 0 radical (unpaired) electrons. The fraction of sp³-hybridized carbons (Fsp3) is 0.556. The zero-order valence-electron chi connectivity index (χ0n) is 16.0. The topological polar surface area (TPSA) is 66.0 Å². The number of hydrogen-bond acceptors (Lipinski definition) is 3. The maximum atomic E-state index is 11.7. The SMILES string of the molecule is CCNC(=NCCc1ccc(NC(=O)OC(C)(C)C)cc1)N(C)C.I. The van der Waals surface area contributed by atoms with Crippen molar-refractivity contribution >= 4 is 41.7 Å². The van der Waals surface area contributed by atoms with Gasteiger partial charge in [0.25, 0.3) is 0 Å². The van der Waals surface area contributed by atoms with Gasteiger partial charge in [-0.3, -0.25) is 10.3 Å². The van der Waals surface area contributed by atoms with Gasteiger partial charge >= 0.3 is 6.09 Å². The van der Waals surface area contributed by atoms with Crippen molar-refractivity contribution in [3.05, 3.63) is 29.8 Å². The van der Waals surface area contributed by atoms with Crippen LogP contribution in [0.4, 0.5) is 10.5 Å². The Balaban J connectivity index is 0.00000576. The number of guanidine groups is 1. The maximum absolute atomic E-state index is 11.7. The molecule has 0 saturated heterocycles. The maximum Gasteiger partial charge on any atom is 0.412 e. The summed E-state index contributed by atoms with van der Waals surface area (Å²) in [7, 11) is 3.94. The number of carbonyl (C=O) groups excluding carboxylic acids is 1. The Kier molecular flexibility index (Phi) is 10.5. The number of anilines is 1. The number of nitrogens with zero attached hydrogens (tertiary/aromatic N) is 2. The number of hydrogen-bond donors (Lipinski definition) is 2. The van der Waals surface area contributed by atoms with Gasteiger partial charge in [0.05, 0.1) is 0 Å². The van der Waals surface area contributed by atoms with Gasteiger partial charge in [-0.15, -0.1) is 24.0 Å². The number of aliphatic imine (C=N–C) groups is 1. The summed E-state index contributed by atoms with van der Waals surface area (Å²) >= 11 is 0. The molecule has 0 unspecified atom stereocenters. The van der Waals surface area contributed by atoms with Crippen molar-refractivity contribution in [3.63, 3.8) is 0 Å². The normalized spacial score (nSPS) is 11.4. The van der Waals surface area contributed by atoms with E-state index in [9.17, 15) is 4.79 Å². The lowest BCUT2D eigenvalue weighted by Crippen LogP contribution is -2.36. The van der Waals surface area contributed by atoms with E-state index in [1.54, 1.807) is 0 Å². The fourth-order valence-electron chi connectivity index (χ4n) is 1.98. The summed E-state index contributed by atoms with van der Waals surface area (Å²) in [5.74, 6) is 0.890. The van der Waals surface area contributed by atoms with Crippen LogP contribution in [0, 0.1) is 0 Å². The molecule has 0 spiro atoms. The van der Waals surface area contributed by atoms with E-state index in [4.69, 9.17) is 4.74 Å². The van der Waals surface area contributed by atoms with Crippen LogP contribution >= 0.6 is 24.0 Å². The number of nitrogens with one attached hydrogen (secondary N) is 2. The minimum absolute atomic E-state index is 0. The first-order chi connectivity index (χ1) is 11.2. The quantitative estimate of drug-likeness (QED) is 0.398. The van der Waals surface area contributed by atoms with Crippen molar-refractivity contribution in [3.8, 4) is 0 Å². The first kappa shape index (κ1) is 23.5. The van der Waals surface area contributed by atoms with Crippen molar-refractivity contribution in [2.24, 2.45) is 4.99 Å². The van der Waals surface area contributed by atoms with Crippen LogP contribution < -0.4 is 10.6 Å². The largest absolute Gasteiger partial charge is 0.444 e. The van der Waals surface area contributed by atoms with Crippen LogP contribution in [0.15, 0.2) is 29.3 Å². The van der Waals surface area contributed by atoms with Gasteiger partial charge in [0.1, 0.15) is 5.60 Å². The van der Waals surface area contributed by atoms with Gasteiger partial charge in [0.15, 0.2) is 5.96 Å². The summed E-state index contributed by atoms with van der Waals surface area (Å²) in [4.78, 5) is 18.3. The number of halogens is 1. The third-order valence-corrected chi connectivity index (χ3v) is 3.02. The zero-order valence-corrected chi connectivity index (χ0v) is 18.4. The Bertz CT molecular complexity index is 551. The number of carbonyl (C=O) groups is 1. The Hall–Kier alpha value is -1.51. The van der Waals surface area contributed by atoms with Gasteiger partial charge in [-0.25, -0.2) is 4.79 Å². The Morgan fingerprint density at radius 3 is 2.28 bits per heavy atom. The number of benzene rings is 1. The molecule has 0 fully saturated rings. The monoisotopic (exact) mass is 462 g/mol. The van der Waals surface area contributed by atoms with E-state index >= 15 is 0 Å². The molecule has 6 nitrogen and oxygen atoms in total. The van der Waals surface area contributed by atoms with Gasteiger partial charge in [-0.1, -0.05) is 12.1 Å². The molecule has 0 aliphatic rings. The molecule has 0 aromatic heterocycles. The second-order valence-corrected chi connectivity index (χ2v) is 6.70. The van der Waals surface area contributed by atoms with E-state index in [0.29, 0.717) is 6.54 Å². The first-order valence-corrected chi connectivity index (χ1v) is 8.26. The molecular weight excluding hydrogens is 431 g/mol. The molecule has 142 valence electrons. The zero-order chi connectivity index (χ0) is 18.2. The molecule has 0 saturated carbocycles. The molecule has 25 heavy (non-hydrogen) atoms. The minimum atomic E-state index is -0.501. The molecule has 0 aliphatic heterocycles. The van der Waals surface area contributed by atoms with Crippen LogP contribution in [0.3, 0.4) is 0 Å². The van der Waals surface area contributed by atoms with Crippen LogP contribution in [0.25, 0.3) is 0 Å². The molecule has 2 N–H and O–H groups in total. The highest BCUT2D eigenvalue weighted by atomic mass is 127. The van der Waals surface area contributed by atoms with E-state index in [1.165, 1.54) is 5.56 Å². The molecule has 0 heterocycles. The standard InChI is InChI=1S/C18H30N4O2.HI/c1-7-19-16(22(5)6)20-13-12-14-8-10-15(11-9-14)21-17(23)24-18(2,3)4;/h8-11H,7,12-13H2,1-6H3,(H,19,20)(H,21,23);1H. The highest BCUT2D eigenvalue weighted by molar-refractivity contribution is 14.0. The second kappa shape index (κ2) is 11.2. The fourth-order valence-corrected chi connectivity index (χ4v) is 1.98. The van der Waals surface area contributed by atoms with Crippen LogP contribution in [-0.2, 0) is 11.2 Å². The Morgan fingerprint density at radius 1 is 1.20 bits per heavy atom.